The predicted octanol–water partition coefficient (Wildman–Crippen LogP) is 4.10. The van der Waals surface area contributed by atoms with Gasteiger partial charge < -0.3 is 19.5 Å². The maximum absolute atomic E-state index is 13.6. The van der Waals surface area contributed by atoms with Gasteiger partial charge in [0.1, 0.15) is 22.9 Å². The van der Waals surface area contributed by atoms with Crippen LogP contribution in [0.3, 0.4) is 0 Å². The number of para-hydroxylation sites is 2. The van der Waals surface area contributed by atoms with Crippen molar-refractivity contribution in [3.05, 3.63) is 89.6 Å². The van der Waals surface area contributed by atoms with Crippen LogP contribution in [0.1, 0.15) is 11.1 Å². The van der Waals surface area contributed by atoms with Crippen molar-refractivity contribution >= 4 is 23.1 Å². The molecular weight excluding hydrogens is 420 g/mol. The maximum Gasteiger partial charge on any atom is 0.278 e. The Hall–Kier alpha value is -4.26. The van der Waals surface area contributed by atoms with E-state index >= 15 is 0 Å². The molecule has 168 valence electrons. The Balaban J connectivity index is 1.77. The molecule has 0 unspecified atom stereocenters. The Morgan fingerprint density at radius 1 is 0.727 bits per heavy atom. The minimum absolute atomic E-state index is 0.0775. The van der Waals surface area contributed by atoms with E-state index in [2.05, 4.69) is 5.32 Å². The number of nitrogens with one attached hydrogen (secondary N) is 1. The first kappa shape index (κ1) is 22.0. The van der Waals surface area contributed by atoms with Gasteiger partial charge in [0.15, 0.2) is 0 Å². The highest BCUT2D eigenvalue weighted by molar-refractivity contribution is 6.37. The molecule has 4 rings (SSSR count). The molecule has 33 heavy (non-hydrogen) atoms. The van der Waals surface area contributed by atoms with Crippen LogP contribution in [0.4, 0.5) is 5.69 Å². The van der Waals surface area contributed by atoms with Crippen molar-refractivity contribution in [3.63, 3.8) is 0 Å². The molecular formula is C26H24N2O5. The first-order chi connectivity index (χ1) is 16.1. The minimum atomic E-state index is -0.428. The lowest BCUT2D eigenvalue weighted by atomic mass is 10.0. The van der Waals surface area contributed by atoms with Gasteiger partial charge in [-0.2, -0.15) is 0 Å². The Kier molecular flexibility index (Phi) is 6.31. The number of amides is 2. The summed E-state index contributed by atoms with van der Waals surface area (Å²) in [6.45, 7) is 0.0775. The van der Waals surface area contributed by atoms with Gasteiger partial charge in [-0.15, -0.1) is 0 Å². The number of hydrogen-bond acceptors (Lipinski definition) is 6. The number of hydrogen-bond donors (Lipinski definition) is 1. The van der Waals surface area contributed by atoms with Gasteiger partial charge in [-0.1, -0.05) is 36.4 Å². The van der Waals surface area contributed by atoms with E-state index < -0.39 is 11.8 Å². The molecule has 3 aromatic rings. The van der Waals surface area contributed by atoms with Crippen LogP contribution >= 0.6 is 0 Å². The Morgan fingerprint density at radius 2 is 1.36 bits per heavy atom. The van der Waals surface area contributed by atoms with Gasteiger partial charge in [-0.25, -0.2) is 0 Å². The summed E-state index contributed by atoms with van der Waals surface area (Å²) in [5.41, 5.74) is 2.36. The van der Waals surface area contributed by atoms with Crippen molar-refractivity contribution in [1.29, 1.82) is 0 Å². The lowest BCUT2D eigenvalue weighted by molar-refractivity contribution is -0.137. The molecule has 7 nitrogen and oxygen atoms in total. The van der Waals surface area contributed by atoms with Crippen molar-refractivity contribution in [1.82, 2.24) is 4.90 Å². The normalized spacial score (nSPS) is 13.4. The molecule has 0 spiro atoms. The maximum atomic E-state index is 13.6. The standard InChI is InChI=1S/C26H24N2O5/c1-31-19-14-12-18(13-15-19)27-24-23(20-9-5-7-11-22(20)33-3)25(29)28(26(24)30)16-17-8-4-6-10-21(17)32-2/h4-15,27H,16H2,1-3H3. The molecule has 1 aliphatic rings. The second-order valence-electron chi connectivity index (χ2n) is 7.31. The number of ether oxygens (including phenoxy) is 3. The van der Waals surface area contributed by atoms with E-state index in [0.717, 1.165) is 5.56 Å². The number of carbonyl (C=O) groups excluding carboxylic acids is 2. The summed E-state index contributed by atoms with van der Waals surface area (Å²) in [5.74, 6) is 0.954. The van der Waals surface area contributed by atoms with E-state index in [1.165, 1.54) is 12.0 Å². The van der Waals surface area contributed by atoms with Crippen molar-refractivity contribution in [3.8, 4) is 17.2 Å². The highest BCUT2D eigenvalue weighted by atomic mass is 16.5. The molecule has 1 aliphatic heterocycles. The van der Waals surface area contributed by atoms with Crippen LogP contribution in [-0.2, 0) is 16.1 Å². The van der Waals surface area contributed by atoms with Crippen molar-refractivity contribution in [2.24, 2.45) is 0 Å². The van der Waals surface area contributed by atoms with Crippen LogP contribution < -0.4 is 19.5 Å². The van der Waals surface area contributed by atoms with Crippen molar-refractivity contribution in [2.75, 3.05) is 26.6 Å². The van der Waals surface area contributed by atoms with E-state index in [9.17, 15) is 9.59 Å². The van der Waals surface area contributed by atoms with Crippen LogP contribution in [0.2, 0.25) is 0 Å². The summed E-state index contributed by atoms with van der Waals surface area (Å²) in [7, 11) is 4.67. The molecule has 0 aromatic heterocycles. The highest BCUT2D eigenvalue weighted by Crippen LogP contribution is 2.36. The molecule has 7 heteroatoms. The van der Waals surface area contributed by atoms with Gasteiger partial charge in [0.25, 0.3) is 11.8 Å². The van der Waals surface area contributed by atoms with Gasteiger partial charge in [0.05, 0.1) is 33.4 Å². The summed E-state index contributed by atoms with van der Waals surface area (Å²) in [5, 5.41) is 3.14. The first-order valence-electron chi connectivity index (χ1n) is 10.3. The van der Waals surface area contributed by atoms with Gasteiger partial charge in [-0.05, 0) is 36.4 Å². The average Bonchev–Trinajstić information content (AvgIpc) is 3.08. The number of carbonyl (C=O) groups is 2. The number of benzene rings is 3. The quantitative estimate of drug-likeness (QED) is 0.527. The lowest BCUT2D eigenvalue weighted by Crippen LogP contribution is -2.32. The minimum Gasteiger partial charge on any atom is -0.497 e. The zero-order valence-electron chi connectivity index (χ0n) is 18.6. The van der Waals surface area contributed by atoms with E-state index in [1.54, 1.807) is 62.8 Å². The third-order valence-electron chi connectivity index (χ3n) is 5.42. The zero-order chi connectivity index (χ0) is 23.4. The SMILES string of the molecule is COc1ccc(NC2=C(c3ccccc3OC)C(=O)N(Cc3ccccc3OC)C2=O)cc1. The molecule has 0 saturated heterocycles. The molecule has 0 radical (unpaired) electrons. The first-order valence-corrected chi connectivity index (χ1v) is 10.3. The molecule has 0 aliphatic carbocycles. The third kappa shape index (κ3) is 4.25. The summed E-state index contributed by atoms with van der Waals surface area (Å²) in [6, 6.07) is 21.6. The number of rotatable bonds is 8. The highest BCUT2D eigenvalue weighted by Gasteiger charge is 2.40. The second-order valence-corrected chi connectivity index (χ2v) is 7.31. The topological polar surface area (TPSA) is 77.1 Å². The molecule has 1 N–H and O–H groups in total. The molecule has 2 amide bonds. The smallest absolute Gasteiger partial charge is 0.278 e. The number of anilines is 1. The van der Waals surface area contributed by atoms with E-state index in [-0.39, 0.29) is 17.8 Å². The summed E-state index contributed by atoms with van der Waals surface area (Å²) < 4.78 is 16.1. The van der Waals surface area contributed by atoms with Gasteiger partial charge in [-0.3, -0.25) is 14.5 Å². The van der Waals surface area contributed by atoms with E-state index in [1.807, 2.05) is 24.3 Å². The summed E-state index contributed by atoms with van der Waals surface area (Å²) >= 11 is 0. The van der Waals surface area contributed by atoms with Crippen molar-refractivity contribution < 1.29 is 23.8 Å². The van der Waals surface area contributed by atoms with E-state index in [0.29, 0.717) is 28.5 Å². The van der Waals surface area contributed by atoms with Crippen LogP contribution in [0, 0.1) is 0 Å². The van der Waals surface area contributed by atoms with Crippen LogP contribution in [0.5, 0.6) is 17.2 Å². The Labute approximate surface area is 192 Å². The van der Waals surface area contributed by atoms with Gasteiger partial charge in [0.2, 0.25) is 0 Å². The summed E-state index contributed by atoms with van der Waals surface area (Å²) in [4.78, 5) is 28.3. The molecule has 0 fully saturated rings. The fraction of sp³-hybridized carbons (Fsp3) is 0.154. The molecule has 0 saturated carbocycles. The third-order valence-corrected chi connectivity index (χ3v) is 5.42. The number of methoxy groups -OCH3 is 3. The molecule has 0 atom stereocenters. The molecule has 3 aromatic carbocycles. The zero-order valence-corrected chi connectivity index (χ0v) is 18.6. The number of imide groups is 1. The predicted molar refractivity (Wildman–Crippen MR) is 125 cm³/mol. The second kappa shape index (κ2) is 9.48. The average molecular weight is 444 g/mol. The molecule has 1 heterocycles. The summed E-state index contributed by atoms with van der Waals surface area (Å²) in [6.07, 6.45) is 0. The molecule has 0 bridgehead atoms. The van der Waals surface area contributed by atoms with Gasteiger partial charge in [0, 0.05) is 16.8 Å². The number of nitrogens with zero attached hydrogens (tertiary/aromatic N) is 1. The fourth-order valence-electron chi connectivity index (χ4n) is 3.76. The van der Waals surface area contributed by atoms with Gasteiger partial charge >= 0.3 is 0 Å². The van der Waals surface area contributed by atoms with Crippen LogP contribution in [0.15, 0.2) is 78.5 Å². The fourth-order valence-corrected chi connectivity index (χ4v) is 3.76. The Morgan fingerprint density at radius 3 is 2.03 bits per heavy atom. The Bertz CT molecular complexity index is 1220. The van der Waals surface area contributed by atoms with Crippen LogP contribution in [0.25, 0.3) is 5.57 Å². The van der Waals surface area contributed by atoms with Crippen LogP contribution in [-0.4, -0.2) is 38.0 Å². The largest absolute Gasteiger partial charge is 0.497 e. The monoisotopic (exact) mass is 444 g/mol. The van der Waals surface area contributed by atoms with Crippen molar-refractivity contribution in [2.45, 2.75) is 6.54 Å². The lowest BCUT2D eigenvalue weighted by Gasteiger charge is -2.17. The van der Waals surface area contributed by atoms with E-state index in [4.69, 9.17) is 14.2 Å².